The Morgan fingerprint density at radius 1 is 1.04 bits per heavy atom. The van der Waals surface area contributed by atoms with E-state index in [9.17, 15) is 4.79 Å². The van der Waals surface area contributed by atoms with Crippen molar-refractivity contribution in [3.8, 4) is 0 Å². The second-order valence-electron chi connectivity index (χ2n) is 7.43. The maximum Gasteiger partial charge on any atom is 0.257 e. The van der Waals surface area contributed by atoms with Gasteiger partial charge < -0.3 is 15.5 Å². The fraction of sp³-hybridized carbons (Fsp3) is 0.348. The van der Waals surface area contributed by atoms with Gasteiger partial charge in [-0.3, -0.25) is 9.69 Å². The molecule has 146 valence electrons. The van der Waals surface area contributed by atoms with Gasteiger partial charge in [-0.2, -0.15) is 0 Å². The normalized spacial score (nSPS) is 18.2. The van der Waals surface area contributed by atoms with Gasteiger partial charge in [0.2, 0.25) is 0 Å². The molecule has 0 radical (unpaired) electrons. The quantitative estimate of drug-likeness (QED) is 0.748. The lowest BCUT2D eigenvalue weighted by Crippen LogP contribution is -2.46. The standard InChI is InChI=1S/C23H28N4O/c1-2-3-12-26-13-15-27(16-14-26)19-10-8-18(9-11-19)24-17-21-20-6-4-5-7-22(20)25-23(21)28/h4-11,17,24H,2-3,12-16H2,1H3,(H,25,28)/b21-17+. The molecule has 5 heteroatoms. The van der Waals surface area contributed by atoms with E-state index < -0.39 is 0 Å². The molecule has 2 aromatic rings. The van der Waals surface area contributed by atoms with Crippen molar-refractivity contribution in [3.63, 3.8) is 0 Å². The molecule has 0 aliphatic carbocycles. The average molecular weight is 377 g/mol. The van der Waals surface area contributed by atoms with Crippen LogP contribution in [0.3, 0.4) is 0 Å². The molecule has 2 aliphatic rings. The molecule has 28 heavy (non-hydrogen) atoms. The Kier molecular flexibility index (Phi) is 5.63. The van der Waals surface area contributed by atoms with Crippen molar-refractivity contribution in [1.82, 2.24) is 4.90 Å². The Balaban J connectivity index is 1.36. The Bertz CT molecular complexity index is 851. The third kappa shape index (κ3) is 4.04. The van der Waals surface area contributed by atoms with Gasteiger partial charge in [-0.25, -0.2) is 0 Å². The third-order valence-corrected chi connectivity index (χ3v) is 5.53. The van der Waals surface area contributed by atoms with Gasteiger partial charge in [0.05, 0.1) is 5.57 Å². The molecule has 5 nitrogen and oxygen atoms in total. The number of benzene rings is 2. The molecule has 0 aromatic heterocycles. The van der Waals surface area contributed by atoms with Gasteiger partial charge in [-0.15, -0.1) is 0 Å². The van der Waals surface area contributed by atoms with Crippen molar-refractivity contribution in [2.45, 2.75) is 19.8 Å². The summed E-state index contributed by atoms with van der Waals surface area (Å²) in [6, 6.07) is 16.2. The predicted octanol–water partition coefficient (Wildman–Crippen LogP) is 4.01. The van der Waals surface area contributed by atoms with Gasteiger partial charge in [0, 0.05) is 55.0 Å². The van der Waals surface area contributed by atoms with Gasteiger partial charge in [-0.1, -0.05) is 31.5 Å². The molecule has 0 unspecified atom stereocenters. The van der Waals surface area contributed by atoms with Crippen LogP contribution in [0.5, 0.6) is 0 Å². The van der Waals surface area contributed by atoms with E-state index in [1.54, 1.807) is 6.20 Å². The molecule has 2 heterocycles. The molecule has 2 aliphatic heterocycles. The molecule has 2 aromatic carbocycles. The van der Waals surface area contributed by atoms with Crippen LogP contribution in [0.15, 0.2) is 54.7 Å². The van der Waals surface area contributed by atoms with Gasteiger partial charge in [0.15, 0.2) is 0 Å². The summed E-state index contributed by atoms with van der Waals surface area (Å²) in [5.74, 6) is -0.0636. The fourth-order valence-electron chi connectivity index (χ4n) is 3.82. The van der Waals surface area contributed by atoms with E-state index >= 15 is 0 Å². The Morgan fingerprint density at radius 2 is 1.79 bits per heavy atom. The Hall–Kier alpha value is -2.79. The number of carbonyl (C=O) groups excluding carboxylic acids is 1. The van der Waals surface area contributed by atoms with Crippen LogP contribution in [0, 0.1) is 0 Å². The molecule has 0 saturated carbocycles. The minimum atomic E-state index is -0.0636. The number of anilines is 3. The third-order valence-electron chi connectivity index (χ3n) is 5.53. The highest BCUT2D eigenvalue weighted by molar-refractivity contribution is 6.31. The number of nitrogens with one attached hydrogen (secondary N) is 2. The average Bonchev–Trinajstić information content (AvgIpc) is 3.06. The minimum Gasteiger partial charge on any atom is -0.369 e. The molecule has 2 N–H and O–H groups in total. The number of piperazine rings is 1. The number of carbonyl (C=O) groups is 1. The van der Waals surface area contributed by atoms with E-state index in [2.05, 4.69) is 51.6 Å². The molecular weight excluding hydrogens is 348 g/mol. The molecule has 4 rings (SSSR count). The van der Waals surface area contributed by atoms with Crippen molar-refractivity contribution >= 4 is 28.5 Å². The van der Waals surface area contributed by atoms with Crippen LogP contribution in [-0.4, -0.2) is 43.5 Å². The first-order valence-corrected chi connectivity index (χ1v) is 10.2. The first-order chi connectivity index (χ1) is 13.7. The summed E-state index contributed by atoms with van der Waals surface area (Å²) < 4.78 is 0. The van der Waals surface area contributed by atoms with Crippen molar-refractivity contribution < 1.29 is 4.79 Å². The smallest absolute Gasteiger partial charge is 0.257 e. The SMILES string of the molecule is CCCCN1CCN(c2ccc(N/C=C3/C(=O)Nc4ccccc43)cc2)CC1. The Morgan fingerprint density at radius 3 is 2.54 bits per heavy atom. The van der Waals surface area contributed by atoms with Crippen LogP contribution < -0.4 is 15.5 Å². The highest BCUT2D eigenvalue weighted by atomic mass is 16.2. The summed E-state index contributed by atoms with van der Waals surface area (Å²) >= 11 is 0. The summed E-state index contributed by atoms with van der Waals surface area (Å²) in [4.78, 5) is 17.2. The van der Waals surface area contributed by atoms with E-state index in [0.717, 1.165) is 43.1 Å². The van der Waals surface area contributed by atoms with Crippen LogP contribution in [0.25, 0.3) is 5.57 Å². The number of unbranched alkanes of at least 4 members (excludes halogenated alkanes) is 1. The van der Waals surface area contributed by atoms with Crippen molar-refractivity contribution in [2.24, 2.45) is 0 Å². The zero-order valence-corrected chi connectivity index (χ0v) is 16.4. The van der Waals surface area contributed by atoms with Crippen molar-refractivity contribution in [1.29, 1.82) is 0 Å². The first kappa shape index (κ1) is 18.6. The summed E-state index contributed by atoms with van der Waals surface area (Å²) in [5, 5.41) is 6.16. The summed E-state index contributed by atoms with van der Waals surface area (Å²) in [6.07, 6.45) is 4.35. The number of hydrogen-bond donors (Lipinski definition) is 2. The highest BCUT2D eigenvalue weighted by Crippen LogP contribution is 2.31. The summed E-state index contributed by atoms with van der Waals surface area (Å²) in [6.45, 7) is 7.91. The van der Waals surface area contributed by atoms with Gasteiger partial charge >= 0.3 is 0 Å². The molecule has 1 saturated heterocycles. The molecule has 0 spiro atoms. The van der Waals surface area contributed by atoms with E-state index in [-0.39, 0.29) is 5.91 Å². The van der Waals surface area contributed by atoms with Crippen molar-refractivity contribution in [2.75, 3.05) is 48.3 Å². The topological polar surface area (TPSA) is 47.6 Å². The number of hydrogen-bond acceptors (Lipinski definition) is 4. The predicted molar refractivity (Wildman–Crippen MR) is 117 cm³/mol. The molecular formula is C23H28N4O. The van der Waals surface area contributed by atoms with Crippen molar-refractivity contribution in [3.05, 3.63) is 60.3 Å². The maximum absolute atomic E-state index is 12.2. The number of para-hydroxylation sites is 1. The Labute approximate surface area is 167 Å². The van der Waals surface area contributed by atoms with Gasteiger partial charge in [0.25, 0.3) is 5.91 Å². The van der Waals surface area contributed by atoms with E-state index in [0.29, 0.717) is 5.57 Å². The lowest BCUT2D eigenvalue weighted by atomic mass is 10.1. The van der Waals surface area contributed by atoms with E-state index in [1.807, 2.05) is 24.3 Å². The van der Waals surface area contributed by atoms with Crippen LogP contribution in [-0.2, 0) is 4.79 Å². The molecule has 0 bridgehead atoms. The van der Waals surface area contributed by atoms with E-state index in [4.69, 9.17) is 0 Å². The lowest BCUT2D eigenvalue weighted by Gasteiger charge is -2.36. The number of rotatable bonds is 6. The first-order valence-electron chi connectivity index (χ1n) is 10.2. The number of fused-ring (bicyclic) bond motifs is 1. The van der Waals surface area contributed by atoms with Gasteiger partial charge in [0.1, 0.15) is 0 Å². The number of nitrogens with zero attached hydrogens (tertiary/aromatic N) is 2. The summed E-state index contributed by atoms with van der Waals surface area (Å²) in [7, 11) is 0. The second kappa shape index (κ2) is 8.48. The van der Waals surface area contributed by atoms with Crippen LogP contribution in [0.4, 0.5) is 17.1 Å². The lowest BCUT2D eigenvalue weighted by molar-refractivity contribution is -0.110. The molecule has 1 fully saturated rings. The van der Waals surface area contributed by atoms with Gasteiger partial charge in [-0.05, 0) is 43.3 Å². The highest BCUT2D eigenvalue weighted by Gasteiger charge is 2.23. The zero-order chi connectivity index (χ0) is 19.3. The second-order valence-corrected chi connectivity index (χ2v) is 7.43. The van der Waals surface area contributed by atoms with Crippen LogP contribution >= 0.6 is 0 Å². The van der Waals surface area contributed by atoms with E-state index in [1.165, 1.54) is 25.1 Å². The maximum atomic E-state index is 12.2. The molecule has 0 atom stereocenters. The molecule has 1 amide bonds. The summed E-state index contributed by atoms with van der Waals surface area (Å²) in [5.41, 5.74) is 4.72. The fourth-order valence-corrected chi connectivity index (χ4v) is 3.82. The zero-order valence-electron chi connectivity index (χ0n) is 16.4. The van der Waals surface area contributed by atoms with Crippen LogP contribution in [0.2, 0.25) is 0 Å². The largest absolute Gasteiger partial charge is 0.369 e. The van der Waals surface area contributed by atoms with Crippen LogP contribution in [0.1, 0.15) is 25.3 Å². The number of amides is 1. The minimum absolute atomic E-state index is 0.0636. The monoisotopic (exact) mass is 376 g/mol.